The van der Waals surface area contributed by atoms with E-state index in [4.69, 9.17) is 0 Å². The lowest BCUT2D eigenvalue weighted by molar-refractivity contribution is 0.0952. The Kier molecular flexibility index (Phi) is 3.88. The fourth-order valence-electron chi connectivity index (χ4n) is 1.47. The first-order valence-electron chi connectivity index (χ1n) is 5.50. The van der Waals surface area contributed by atoms with Crippen molar-refractivity contribution in [3.05, 3.63) is 50.8 Å². The predicted molar refractivity (Wildman–Crippen MR) is 69.9 cm³/mol. The van der Waals surface area contributed by atoms with Gasteiger partial charge in [-0.05, 0) is 18.4 Å². The van der Waals surface area contributed by atoms with Crippen molar-refractivity contribution in [2.24, 2.45) is 0 Å². The van der Waals surface area contributed by atoms with Gasteiger partial charge in [-0.25, -0.2) is 4.98 Å². The lowest BCUT2D eigenvalue weighted by Gasteiger charge is -2.06. The average Bonchev–Trinajstić information content (AvgIpc) is 2.85. The van der Waals surface area contributed by atoms with Gasteiger partial charge < -0.3 is 5.32 Å². The second kappa shape index (κ2) is 5.59. The average molecular weight is 263 g/mol. The van der Waals surface area contributed by atoms with Crippen molar-refractivity contribution < 1.29 is 4.79 Å². The van der Waals surface area contributed by atoms with Crippen LogP contribution in [0, 0.1) is 6.92 Å². The molecular weight excluding hydrogens is 250 g/mol. The number of thiophene rings is 1. The lowest BCUT2D eigenvalue weighted by atomic mass is 10.3. The SMILES string of the molecule is Cc1cc(=O)n(CCNC(=O)c2ccsc2)cn1. The van der Waals surface area contributed by atoms with Gasteiger partial charge in [-0.2, -0.15) is 11.3 Å². The number of rotatable bonds is 4. The zero-order chi connectivity index (χ0) is 13.0. The molecule has 0 aromatic carbocycles. The Morgan fingerprint density at radius 2 is 2.39 bits per heavy atom. The highest BCUT2D eigenvalue weighted by Gasteiger charge is 2.04. The van der Waals surface area contributed by atoms with Gasteiger partial charge in [0.25, 0.3) is 11.5 Å². The van der Waals surface area contributed by atoms with Crippen LogP contribution in [0.5, 0.6) is 0 Å². The van der Waals surface area contributed by atoms with Gasteiger partial charge in [-0.15, -0.1) is 0 Å². The van der Waals surface area contributed by atoms with E-state index in [9.17, 15) is 9.59 Å². The summed E-state index contributed by atoms with van der Waals surface area (Å²) in [5.74, 6) is -0.121. The minimum Gasteiger partial charge on any atom is -0.350 e. The van der Waals surface area contributed by atoms with Crippen molar-refractivity contribution in [1.82, 2.24) is 14.9 Å². The van der Waals surface area contributed by atoms with E-state index in [-0.39, 0.29) is 11.5 Å². The van der Waals surface area contributed by atoms with Gasteiger partial charge in [-0.1, -0.05) is 0 Å². The Labute approximate surface area is 108 Å². The van der Waals surface area contributed by atoms with Gasteiger partial charge in [0, 0.05) is 35.8 Å². The predicted octanol–water partition coefficient (Wildman–Crippen LogP) is 1.04. The van der Waals surface area contributed by atoms with Crippen LogP contribution < -0.4 is 10.9 Å². The Balaban J connectivity index is 1.89. The van der Waals surface area contributed by atoms with E-state index in [0.717, 1.165) is 0 Å². The van der Waals surface area contributed by atoms with Gasteiger partial charge in [0.15, 0.2) is 0 Å². The molecule has 0 radical (unpaired) electrons. The molecule has 18 heavy (non-hydrogen) atoms. The van der Waals surface area contributed by atoms with E-state index in [0.29, 0.717) is 24.3 Å². The van der Waals surface area contributed by atoms with Crippen LogP contribution in [0.3, 0.4) is 0 Å². The number of carbonyl (C=O) groups excluding carboxylic acids is 1. The number of aromatic nitrogens is 2. The van der Waals surface area contributed by atoms with Gasteiger partial charge in [0.1, 0.15) is 0 Å². The summed E-state index contributed by atoms with van der Waals surface area (Å²) in [6.45, 7) is 2.59. The van der Waals surface area contributed by atoms with Gasteiger partial charge >= 0.3 is 0 Å². The van der Waals surface area contributed by atoms with E-state index in [1.54, 1.807) is 18.4 Å². The molecule has 0 aliphatic rings. The van der Waals surface area contributed by atoms with Crippen molar-refractivity contribution >= 4 is 17.2 Å². The van der Waals surface area contributed by atoms with Crippen molar-refractivity contribution in [3.8, 4) is 0 Å². The maximum absolute atomic E-state index is 11.6. The molecule has 5 nitrogen and oxygen atoms in total. The molecule has 2 aromatic heterocycles. The molecule has 6 heteroatoms. The molecule has 1 amide bonds. The number of carbonyl (C=O) groups is 1. The van der Waals surface area contributed by atoms with Crippen LogP contribution in [0.1, 0.15) is 16.1 Å². The number of amides is 1. The fraction of sp³-hybridized carbons (Fsp3) is 0.250. The third-order valence-electron chi connectivity index (χ3n) is 2.44. The molecule has 0 spiro atoms. The Morgan fingerprint density at radius 3 is 3.06 bits per heavy atom. The normalized spacial score (nSPS) is 10.3. The summed E-state index contributed by atoms with van der Waals surface area (Å²) < 4.78 is 1.47. The van der Waals surface area contributed by atoms with E-state index in [1.807, 2.05) is 5.38 Å². The molecule has 0 unspecified atom stereocenters. The minimum atomic E-state index is -0.121. The van der Waals surface area contributed by atoms with Crippen molar-refractivity contribution in [3.63, 3.8) is 0 Å². The molecule has 2 heterocycles. The lowest BCUT2D eigenvalue weighted by Crippen LogP contribution is -2.30. The Bertz CT molecular complexity index is 590. The Morgan fingerprint density at radius 1 is 1.56 bits per heavy atom. The zero-order valence-electron chi connectivity index (χ0n) is 9.92. The maximum Gasteiger partial charge on any atom is 0.253 e. The number of hydrogen-bond donors (Lipinski definition) is 1. The number of hydrogen-bond acceptors (Lipinski definition) is 4. The molecule has 0 aliphatic heterocycles. The van der Waals surface area contributed by atoms with Crippen molar-refractivity contribution in [1.29, 1.82) is 0 Å². The molecule has 2 rings (SSSR count). The van der Waals surface area contributed by atoms with E-state index < -0.39 is 0 Å². The largest absolute Gasteiger partial charge is 0.350 e. The number of nitrogens with one attached hydrogen (secondary N) is 1. The first-order chi connectivity index (χ1) is 8.66. The Hall–Kier alpha value is -1.95. The highest BCUT2D eigenvalue weighted by Crippen LogP contribution is 2.04. The third kappa shape index (κ3) is 3.04. The molecule has 0 saturated carbocycles. The fourth-order valence-corrected chi connectivity index (χ4v) is 2.11. The first kappa shape index (κ1) is 12.5. The summed E-state index contributed by atoms with van der Waals surface area (Å²) in [5.41, 5.74) is 1.24. The topological polar surface area (TPSA) is 64.0 Å². The van der Waals surface area contributed by atoms with Crippen LogP contribution in [0.25, 0.3) is 0 Å². The van der Waals surface area contributed by atoms with E-state index in [2.05, 4.69) is 10.3 Å². The highest BCUT2D eigenvalue weighted by molar-refractivity contribution is 7.08. The van der Waals surface area contributed by atoms with Gasteiger partial charge in [0.2, 0.25) is 0 Å². The second-order valence-corrected chi connectivity index (χ2v) is 4.61. The van der Waals surface area contributed by atoms with Crippen LogP contribution in [0.15, 0.2) is 34.0 Å². The van der Waals surface area contributed by atoms with Crippen LogP contribution in [0.2, 0.25) is 0 Å². The second-order valence-electron chi connectivity index (χ2n) is 3.83. The summed E-state index contributed by atoms with van der Waals surface area (Å²) in [6.07, 6.45) is 1.49. The summed E-state index contributed by atoms with van der Waals surface area (Å²) in [7, 11) is 0. The molecule has 0 bridgehead atoms. The third-order valence-corrected chi connectivity index (χ3v) is 3.12. The molecule has 0 fully saturated rings. The highest BCUT2D eigenvalue weighted by atomic mass is 32.1. The zero-order valence-corrected chi connectivity index (χ0v) is 10.7. The molecule has 0 atom stereocenters. The quantitative estimate of drug-likeness (QED) is 0.896. The molecule has 1 N–H and O–H groups in total. The van der Waals surface area contributed by atoms with E-state index >= 15 is 0 Å². The molecule has 94 valence electrons. The summed E-state index contributed by atoms with van der Waals surface area (Å²) in [4.78, 5) is 27.2. The van der Waals surface area contributed by atoms with Gasteiger partial charge in [0.05, 0.1) is 6.33 Å². The van der Waals surface area contributed by atoms with Crippen molar-refractivity contribution in [2.75, 3.05) is 6.54 Å². The summed E-state index contributed by atoms with van der Waals surface area (Å²) in [5, 5.41) is 6.39. The van der Waals surface area contributed by atoms with Crippen LogP contribution in [-0.2, 0) is 6.54 Å². The van der Waals surface area contributed by atoms with Crippen LogP contribution in [-0.4, -0.2) is 22.0 Å². The maximum atomic E-state index is 11.6. The molecule has 0 aliphatic carbocycles. The minimum absolute atomic E-state index is 0.104. The number of nitrogens with zero attached hydrogens (tertiary/aromatic N) is 2. The molecule has 0 saturated heterocycles. The van der Waals surface area contributed by atoms with Gasteiger partial charge in [-0.3, -0.25) is 14.2 Å². The van der Waals surface area contributed by atoms with Crippen LogP contribution in [0.4, 0.5) is 0 Å². The number of aryl methyl sites for hydroxylation is 1. The molecule has 2 aromatic rings. The smallest absolute Gasteiger partial charge is 0.253 e. The summed E-state index contributed by atoms with van der Waals surface area (Å²) >= 11 is 1.48. The molecular formula is C12H13N3O2S. The monoisotopic (exact) mass is 263 g/mol. The summed E-state index contributed by atoms with van der Waals surface area (Å²) in [6, 6.07) is 3.24. The van der Waals surface area contributed by atoms with E-state index in [1.165, 1.54) is 28.3 Å². The standard InChI is InChI=1S/C12H13N3O2S/c1-9-6-11(16)15(8-14-9)4-3-13-12(17)10-2-5-18-7-10/h2,5-8H,3-4H2,1H3,(H,13,17). The van der Waals surface area contributed by atoms with Crippen molar-refractivity contribution in [2.45, 2.75) is 13.5 Å². The van der Waals surface area contributed by atoms with Crippen LogP contribution >= 0.6 is 11.3 Å². The first-order valence-corrected chi connectivity index (χ1v) is 6.44.